The Balaban J connectivity index is 1.51. The van der Waals surface area contributed by atoms with Crippen LogP contribution in [0.5, 0.6) is 5.75 Å². The third-order valence-electron chi connectivity index (χ3n) is 6.85. The second-order valence-corrected chi connectivity index (χ2v) is 14.6. The van der Waals surface area contributed by atoms with Gasteiger partial charge in [-0.15, -0.1) is 0 Å². The Morgan fingerprint density at radius 3 is 2.07 bits per heavy atom. The molecular weight excluding hydrogens is 598 g/mol. The molecule has 1 N–H and O–H groups in total. The zero-order valence-electron chi connectivity index (χ0n) is 22.8. The van der Waals surface area contributed by atoms with Crippen LogP contribution in [-0.4, -0.2) is 52.1 Å². The third kappa shape index (κ3) is 6.80. The quantitative estimate of drug-likeness (QED) is 0.263. The second-order valence-electron chi connectivity index (χ2n) is 10.3. The topological polar surface area (TPSA) is 132 Å². The number of ether oxygens (including phenoxy) is 1. The van der Waals surface area contributed by atoms with E-state index in [1.54, 1.807) is 54.6 Å². The number of hydrogen-bond acceptors (Lipinski definition) is 8. The van der Waals surface area contributed by atoms with Gasteiger partial charge in [0.05, 0.1) is 44.9 Å². The minimum Gasteiger partial charge on any atom is -0.492 e. The minimum atomic E-state index is -3.74. The van der Waals surface area contributed by atoms with E-state index in [1.807, 2.05) is 0 Å². The van der Waals surface area contributed by atoms with Crippen LogP contribution >= 0.6 is 11.6 Å². The molecule has 1 heterocycles. The predicted octanol–water partition coefficient (Wildman–Crippen LogP) is 4.91. The van der Waals surface area contributed by atoms with Crippen molar-refractivity contribution in [3.8, 4) is 17.0 Å². The molecule has 0 spiro atoms. The summed E-state index contributed by atoms with van der Waals surface area (Å²) in [5.41, 5.74) is 1.56. The van der Waals surface area contributed by atoms with Crippen molar-refractivity contribution in [1.29, 1.82) is 0 Å². The van der Waals surface area contributed by atoms with Gasteiger partial charge in [-0.1, -0.05) is 48.0 Å². The molecule has 218 valence electrons. The fourth-order valence-corrected chi connectivity index (χ4v) is 6.67. The van der Waals surface area contributed by atoms with Crippen LogP contribution in [0.2, 0.25) is 5.02 Å². The summed E-state index contributed by atoms with van der Waals surface area (Å²) in [6.45, 7) is 0.612. The maximum absolute atomic E-state index is 13.7. The Bertz CT molecular complexity index is 1800. The lowest BCUT2D eigenvalue weighted by molar-refractivity contribution is 0.0941. The zero-order chi connectivity index (χ0) is 30.1. The molecule has 0 unspecified atom stereocenters. The summed E-state index contributed by atoms with van der Waals surface area (Å²) in [6, 6.07) is 17.9. The summed E-state index contributed by atoms with van der Waals surface area (Å²) in [6.07, 6.45) is 5.69. The molecule has 1 aliphatic carbocycles. The van der Waals surface area contributed by atoms with Gasteiger partial charge in [0.25, 0.3) is 5.91 Å². The van der Waals surface area contributed by atoms with Crippen LogP contribution in [0, 0.1) is 5.92 Å². The number of carbonyl (C=O) groups is 1. The van der Waals surface area contributed by atoms with Crippen LogP contribution in [-0.2, 0) is 19.7 Å². The van der Waals surface area contributed by atoms with E-state index in [0.29, 0.717) is 34.6 Å². The molecule has 12 heteroatoms. The molecule has 4 aromatic rings. The number of amides is 1. The molecule has 9 nitrogen and oxygen atoms in total. The van der Waals surface area contributed by atoms with Gasteiger partial charge in [-0.25, -0.2) is 16.8 Å². The maximum Gasteiger partial charge on any atom is 0.253 e. The Morgan fingerprint density at radius 1 is 0.929 bits per heavy atom. The fraction of sp³-hybridized carbons (Fsp3) is 0.233. The minimum absolute atomic E-state index is 0.0363. The highest BCUT2D eigenvalue weighted by Gasteiger charge is 2.28. The van der Waals surface area contributed by atoms with Crippen LogP contribution in [0.1, 0.15) is 40.4 Å². The van der Waals surface area contributed by atoms with E-state index in [2.05, 4.69) is 15.5 Å². The lowest BCUT2D eigenvalue weighted by Gasteiger charge is -2.24. The van der Waals surface area contributed by atoms with Crippen molar-refractivity contribution in [2.45, 2.75) is 28.7 Å². The molecule has 0 atom stereocenters. The molecule has 1 saturated carbocycles. The Hall–Kier alpha value is -3.80. The van der Waals surface area contributed by atoms with Gasteiger partial charge >= 0.3 is 0 Å². The SMILES string of the molecule is CS(=O)(=O)c1ccccc1C(NC(=O)c1cnnc(-c2ccc(OCC3CC3)c(Cl)c2)c1)c1ccccc1S(C)(=O)=O. The van der Waals surface area contributed by atoms with Gasteiger partial charge in [0.2, 0.25) is 0 Å². The summed E-state index contributed by atoms with van der Waals surface area (Å²) in [7, 11) is -7.47. The summed E-state index contributed by atoms with van der Waals surface area (Å²) in [5.74, 6) is 0.517. The van der Waals surface area contributed by atoms with Crippen LogP contribution < -0.4 is 10.1 Å². The first-order valence-electron chi connectivity index (χ1n) is 13.1. The zero-order valence-corrected chi connectivity index (χ0v) is 25.2. The number of carbonyl (C=O) groups excluding carboxylic acids is 1. The number of aromatic nitrogens is 2. The summed E-state index contributed by atoms with van der Waals surface area (Å²) >= 11 is 6.44. The smallest absolute Gasteiger partial charge is 0.253 e. The third-order valence-corrected chi connectivity index (χ3v) is 9.49. The number of nitrogens with one attached hydrogen (secondary N) is 1. The van der Waals surface area contributed by atoms with E-state index in [1.165, 1.54) is 24.4 Å². The van der Waals surface area contributed by atoms with Crippen molar-refractivity contribution < 1.29 is 26.4 Å². The average molecular weight is 626 g/mol. The molecule has 5 rings (SSSR count). The fourth-order valence-electron chi connectivity index (χ4n) is 4.55. The van der Waals surface area contributed by atoms with Crippen molar-refractivity contribution >= 4 is 37.2 Å². The van der Waals surface area contributed by atoms with Crippen LogP contribution in [0.15, 0.2) is 88.8 Å². The van der Waals surface area contributed by atoms with Crippen molar-refractivity contribution in [3.05, 3.63) is 101 Å². The van der Waals surface area contributed by atoms with Gasteiger partial charge in [0.1, 0.15) is 5.75 Å². The van der Waals surface area contributed by atoms with E-state index in [0.717, 1.165) is 25.4 Å². The Kier molecular flexibility index (Phi) is 8.36. The second kappa shape index (κ2) is 11.8. The molecule has 0 aliphatic heterocycles. The van der Waals surface area contributed by atoms with Crippen LogP contribution in [0.4, 0.5) is 0 Å². The first-order valence-corrected chi connectivity index (χ1v) is 17.2. The molecule has 1 amide bonds. The van der Waals surface area contributed by atoms with Gasteiger partial charge in [-0.2, -0.15) is 10.2 Å². The molecule has 1 fully saturated rings. The van der Waals surface area contributed by atoms with E-state index in [4.69, 9.17) is 16.3 Å². The highest BCUT2D eigenvalue weighted by atomic mass is 35.5. The van der Waals surface area contributed by atoms with Gasteiger partial charge in [0, 0.05) is 18.1 Å². The lowest BCUT2D eigenvalue weighted by atomic mass is 9.98. The predicted molar refractivity (Wildman–Crippen MR) is 159 cm³/mol. The average Bonchev–Trinajstić information content (AvgIpc) is 3.79. The molecule has 0 radical (unpaired) electrons. The highest BCUT2D eigenvalue weighted by molar-refractivity contribution is 7.91. The molecule has 1 aliphatic rings. The van der Waals surface area contributed by atoms with E-state index < -0.39 is 31.6 Å². The van der Waals surface area contributed by atoms with E-state index in [-0.39, 0.29) is 26.5 Å². The molecule has 0 saturated heterocycles. The Labute approximate surface area is 249 Å². The van der Waals surface area contributed by atoms with Gasteiger partial charge in [0.15, 0.2) is 19.7 Å². The summed E-state index contributed by atoms with van der Waals surface area (Å²) < 4.78 is 56.5. The molecule has 0 bridgehead atoms. The lowest BCUT2D eigenvalue weighted by Crippen LogP contribution is -2.31. The number of hydrogen-bond donors (Lipinski definition) is 1. The standard InChI is InChI=1S/C30H28ClN3O6S2/c1-41(36,37)27-9-5-3-7-22(27)29(23-8-4-6-10-28(23)42(2,38)39)33-30(35)21-16-25(34-32-17-21)20-13-14-26(24(31)15-20)40-18-19-11-12-19/h3-10,13-17,19,29H,11-12,18H2,1-2H3,(H,33,35). The van der Waals surface area contributed by atoms with Crippen molar-refractivity contribution in [1.82, 2.24) is 15.5 Å². The Morgan fingerprint density at radius 2 is 1.52 bits per heavy atom. The first kappa shape index (κ1) is 29.7. The van der Waals surface area contributed by atoms with Crippen LogP contribution in [0.3, 0.4) is 0 Å². The number of benzene rings is 3. The van der Waals surface area contributed by atoms with Crippen molar-refractivity contribution in [2.75, 3.05) is 19.1 Å². The maximum atomic E-state index is 13.7. The van der Waals surface area contributed by atoms with E-state index in [9.17, 15) is 21.6 Å². The van der Waals surface area contributed by atoms with E-state index >= 15 is 0 Å². The molecule has 1 aromatic heterocycles. The summed E-state index contributed by atoms with van der Waals surface area (Å²) in [4.78, 5) is 13.6. The number of halogens is 1. The molecule has 3 aromatic carbocycles. The number of rotatable bonds is 10. The number of sulfone groups is 2. The van der Waals surface area contributed by atoms with Crippen molar-refractivity contribution in [3.63, 3.8) is 0 Å². The molecule has 42 heavy (non-hydrogen) atoms. The largest absolute Gasteiger partial charge is 0.492 e. The van der Waals surface area contributed by atoms with Gasteiger partial charge in [-0.05, 0) is 66.3 Å². The van der Waals surface area contributed by atoms with Crippen LogP contribution in [0.25, 0.3) is 11.3 Å². The normalized spacial score (nSPS) is 13.6. The monoisotopic (exact) mass is 625 g/mol. The number of nitrogens with zero attached hydrogens (tertiary/aromatic N) is 2. The van der Waals surface area contributed by atoms with Crippen molar-refractivity contribution in [2.24, 2.45) is 5.92 Å². The molecular formula is C30H28ClN3O6S2. The summed E-state index contributed by atoms with van der Waals surface area (Å²) in [5, 5.41) is 11.4. The highest BCUT2D eigenvalue weighted by Crippen LogP contribution is 2.35. The van der Waals surface area contributed by atoms with Gasteiger partial charge in [-0.3, -0.25) is 4.79 Å². The first-order chi connectivity index (χ1) is 19.9. The van der Waals surface area contributed by atoms with Gasteiger partial charge < -0.3 is 10.1 Å².